The second kappa shape index (κ2) is 11.8. The molecule has 0 spiro atoms. The molecule has 0 fully saturated rings. The van der Waals surface area contributed by atoms with Crippen molar-refractivity contribution in [3.63, 3.8) is 0 Å². The average molecular weight is 481 g/mol. The summed E-state index contributed by atoms with van der Waals surface area (Å²) in [6.07, 6.45) is 0. The first-order chi connectivity index (χ1) is 16.4. The summed E-state index contributed by atoms with van der Waals surface area (Å²) in [6, 6.07) is 15.0. The Labute approximate surface area is 205 Å². The number of thiocarbonyl (C=S) groups is 1. The van der Waals surface area contributed by atoms with Crippen LogP contribution >= 0.6 is 12.2 Å². The van der Waals surface area contributed by atoms with Gasteiger partial charge in [-0.05, 0) is 67.9 Å². The summed E-state index contributed by atoms with van der Waals surface area (Å²) in [5, 5.41) is 4.61. The third kappa shape index (κ3) is 6.21. The van der Waals surface area contributed by atoms with Crippen LogP contribution in [-0.2, 0) is 11.3 Å². The fourth-order valence-electron chi connectivity index (χ4n) is 3.82. The van der Waals surface area contributed by atoms with E-state index in [1.165, 1.54) is 7.11 Å². The molecule has 0 aliphatic rings. The number of esters is 1. The van der Waals surface area contributed by atoms with Gasteiger partial charge in [0.2, 0.25) is 0 Å². The van der Waals surface area contributed by atoms with Crippen molar-refractivity contribution in [2.75, 3.05) is 38.6 Å². The first-order valence-corrected chi connectivity index (χ1v) is 11.8. The number of hydrogen-bond donors (Lipinski definition) is 2. The first kappa shape index (κ1) is 25.4. The molecular formula is C26H32N4O3S. The summed E-state index contributed by atoms with van der Waals surface area (Å²) in [5.74, 6) is -0.443. The zero-order chi connectivity index (χ0) is 24.7. The van der Waals surface area contributed by atoms with Crippen LogP contribution in [0.3, 0.4) is 0 Å². The normalized spacial score (nSPS) is 11.0. The van der Waals surface area contributed by atoms with Gasteiger partial charge >= 0.3 is 5.97 Å². The van der Waals surface area contributed by atoms with Crippen LogP contribution in [0.25, 0.3) is 10.9 Å². The van der Waals surface area contributed by atoms with E-state index in [1.54, 1.807) is 18.2 Å². The lowest BCUT2D eigenvalue weighted by Crippen LogP contribution is -2.41. The molecule has 0 atom stereocenters. The smallest absolute Gasteiger partial charge is 0.339 e. The molecule has 2 aromatic carbocycles. The van der Waals surface area contributed by atoms with Crippen molar-refractivity contribution in [2.45, 2.75) is 27.3 Å². The average Bonchev–Trinajstić information content (AvgIpc) is 2.84. The van der Waals surface area contributed by atoms with Gasteiger partial charge < -0.3 is 24.8 Å². The summed E-state index contributed by atoms with van der Waals surface area (Å²) < 4.78 is 4.90. The topological polar surface area (TPSA) is 77.7 Å². The van der Waals surface area contributed by atoms with Crippen LogP contribution in [0, 0.1) is 6.92 Å². The summed E-state index contributed by atoms with van der Waals surface area (Å²) in [6.45, 7) is 9.86. The number of methoxy groups -OCH3 is 1. The molecule has 0 radical (unpaired) electrons. The second-order valence-electron chi connectivity index (χ2n) is 8.13. The molecule has 1 heterocycles. The van der Waals surface area contributed by atoms with Gasteiger partial charge in [-0.3, -0.25) is 4.79 Å². The Morgan fingerprint density at radius 2 is 1.82 bits per heavy atom. The van der Waals surface area contributed by atoms with Crippen molar-refractivity contribution in [3.05, 3.63) is 75.6 Å². The van der Waals surface area contributed by atoms with Gasteiger partial charge in [0.25, 0.3) is 5.56 Å². The summed E-state index contributed by atoms with van der Waals surface area (Å²) in [7, 11) is 1.35. The van der Waals surface area contributed by atoms with Crippen LogP contribution in [0.15, 0.2) is 53.3 Å². The van der Waals surface area contributed by atoms with E-state index < -0.39 is 5.97 Å². The minimum Gasteiger partial charge on any atom is -0.465 e. The van der Waals surface area contributed by atoms with Crippen LogP contribution < -0.4 is 10.9 Å². The van der Waals surface area contributed by atoms with Crippen LogP contribution in [0.5, 0.6) is 0 Å². The number of likely N-dealkylation sites (N-methyl/N-ethyl adjacent to an activating group) is 1. The summed E-state index contributed by atoms with van der Waals surface area (Å²) in [4.78, 5) is 32.3. The highest BCUT2D eigenvalue weighted by Crippen LogP contribution is 2.18. The standard InChI is InChI=1S/C26H32N4O3S/c1-5-29(6-2)13-14-30(26(34)28-23-10-8-7-9-21(23)25(32)33-4)17-20-16-19-15-18(3)11-12-22(19)27-24(20)31/h7-12,15-16H,5-6,13-14,17H2,1-4H3,(H,27,31)(H,28,34). The predicted octanol–water partition coefficient (Wildman–Crippen LogP) is 4.16. The highest BCUT2D eigenvalue weighted by atomic mass is 32.1. The number of para-hydroxylation sites is 1. The van der Waals surface area contributed by atoms with Gasteiger partial charge in [-0.1, -0.05) is 37.6 Å². The minimum absolute atomic E-state index is 0.137. The summed E-state index contributed by atoms with van der Waals surface area (Å²) >= 11 is 5.76. The number of nitrogens with one attached hydrogen (secondary N) is 2. The monoisotopic (exact) mass is 480 g/mol. The largest absolute Gasteiger partial charge is 0.465 e. The van der Waals surface area contributed by atoms with Gasteiger partial charge in [-0.25, -0.2) is 4.79 Å². The quantitative estimate of drug-likeness (QED) is 0.352. The Balaban J connectivity index is 1.90. The van der Waals surface area contributed by atoms with E-state index in [0.29, 0.717) is 35.0 Å². The molecule has 2 N–H and O–H groups in total. The molecule has 3 aromatic rings. The fraction of sp³-hybridized carbons (Fsp3) is 0.346. The molecule has 0 aliphatic heterocycles. The third-order valence-corrected chi connectivity index (χ3v) is 6.24. The molecule has 1 aromatic heterocycles. The maximum Gasteiger partial charge on any atom is 0.339 e. The number of pyridine rings is 1. The first-order valence-electron chi connectivity index (χ1n) is 11.4. The van der Waals surface area contributed by atoms with Crippen LogP contribution in [0.1, 0.15) is 35.3 Å². The highest BCUT2D eigenvalue weighted by Gasteiger charge is 2.18. The van der Waals surface area contributed by atoms with Gasteiger partial charge in [0, 0.05) is 24.2 Å². The van der Waals surface area contributed by atoms with Crippen LogP contribution in [-0.4, -0.2) is 59.2 Å². The minimum atomic E-state index is -0.443. The molecule has 34 heavy (non-hydrogen) atoms. The Morgan fingerprint density at radius 3 is 2.53 bits per heavy atom. The van der Waals surface area contributed by atoms with Crippen LogP contribution in [0.2, 0.25) is 0 Å². The number of ether oxygens (including phenoxy) is 1. The van der Waals surface area contributed by atoms with Gasteiger partial charge in [0.15, 0.2) is 5.11 Å². The SMILES string of the molecule is CCN(CC)CCN(Cc1cc2cc(C)ccc2[nH]c1=O)C(=S)Nc1ccccc1C(=O)OC. The number of carbonyl (C=O) groups excluding carboxylic acids is 1. The number of H-pyrrole nitrogens is 1. The molecule has 180 valence electrons. The van der Waals surface area contributed by atoms with E-state index in [9.17, 15) is 9.59 Å². The number of anilines is 1. The second-order valence-corrected chi connectivity index (χ2v) is 8.52. The van der Waals surface area contributed by atoms with Gasteiger partial charge in [-0.15, -0.1) is 0 Å². The number of aromatic nitrogens is 1. The molecule has 0 unspecified atom stereocenters. The van der Waals surface area contributed by atoms with E-state index in [1.807, 2.05) is 36.1 Å². The van der Waals surface area contributed by atoms with Gasteiger partial charge in [0.1, 0.15) is 0 Å². The number of aromatic amines is 1. The summed E-state index contributed by atoms with van der Waals surface area (Å²) in [5.41, 5.74) is 3.39. The van der Waals surface area contributed by atoms with Crippen molar-refractivity contribution in [1.82, 2.24) is 14.8 Å². The van der Waals surface area contributed by atoms with E-state index in [0.717, 1.165) is 36.1 Å². The zero-order valence-electron chi connectivity index (χ0n) is 20.2. The molecule has 0 saturated carbocycles. The van der Waals surface area contributed by atoms with Crippen molar-refractivity contribution >= 4 is 39.9 Å². The van der Waals surface area contributed by atoms with Crippen molar-refractivity contribution < 1.29 is 9.53 Å². The molecule has 0 saturated heterocycles. The Hall–Kier alpha value is -3.23. The number of hydrogen-bond acceptors (Lipinski definition) is 5. The van der Waals surface area contributed by atoms with Crippen molar-refractivity contribution in [3.8, 4) is 0 Å². The number of nitrogens with zero attached hydrogens (tertiary/aromatic N) is 2. The Kier molecular flexibility index (Phi) is 8.79. The number of rotatable bonds is 9. The van der Waals surface area contributed by atoms with E-state index in [-0.39, 0.29) is 5.56 Å². The van der Waals surface area contributed by atoms with E-state index in [2.05, 4.69) is 35.1 Å². The highest BCUT2D eigenvalue weighted by molar-refractivity contribution is 7.80. The lowest BCUT2D eigenvalue weighted by atomic mass is 10.1. The number of carbonyl (C=O) groups is 1. The number of benzene rings is 2. The Morgan fingerprint density at radius 1 is 1.09 bits per heavy atom. The van der Waals surface area contributed by atoms with Gasteiger partial charge in [-0.2, -0.15) is 0 Å². The lowest BCUT2D eigenvalue weighted by Gasteiger charge is -2.29. The molecule has 0 bridgehead atoms. The van der Waals surface area contributed by atoms with E-state index >= 15 is 0 Å². The van der Waals surface area contributed by atoms with Crippen LogP contribution in [0.4, 0.5) is 5.69 Å². The molecule has 0 aliphatic carbocycles. The van der Waals surface area contributed by atoms with E-state index in [4.69, 9.17) is 17.0 Å². The predicted molar refractivity (Wildman–Crippen MR) is 142 cm³/mol. The number of aryl methyl sites for hydroxylation is 1. The van der Waals surface area contributed by atoms with Crippen molar-refractivity contribution in [2.24, 2.45) is 0 Å². The van der Waals surface area contributed by atoms with Crippen molar-refractivity contribution in [1.29, 1.82) is 0 Å². The molecule has 3 rings (SSSR count). The molecule has 8 heteroatoms. The number of fused-ring (bicyclic) bond motifs is 1. The lowest BCUT2D eigenvalue weighted by molar-refractivity contribution is 0.0602. The maximum absolute atomic E-state index is 12.8. The Bertz CT molecular complexity index is 1220. The fourth-order valence-corrected chi connectivity index (χ4v) is 4.09. The molecule has 0 amide bonds. The molecular weight excluding hydrogens is 448 g/mol. The maximum atomic E-state index is 12.8. The van der Waals surface area contributed by atoms with Gasteiger partial charge in [0.05, 0.1) is 24.9 Å². The third-order valence-electron chi connectivity index (χ3n) is 5.88. The zero-order valence-corrected chi connectivity index (χ0v) is 21.0. The molecule has 7 nitrogen and oxygen atoms in total.